The van der Waals surface area contributed by atoms with Gasteiger partial charge >= 0.3 is 0 Å². The second-order valence-corrected chi connectivity index (χ2v) is 5.29. The monoisotopic (exact) mass is 240 g/mol. The van der Waals surface area contributed by atoms with Crippen molar-refractivity contribution in [3.63, 3.8) is 0 Å². The van der Waals surface area contributed by atoms with E-state index in [2.05, 4.69) is 60.3 Å². The molecule has 1 aliphatic carbocycles. The number of aromatic nitrogens is 1. The Hall–Kier alpha value is -1.70. The lowest BCUT2D eigenvalue weighted by Gasteiger charge is -2.28. The number of aryl methyl sites for hydroxylation is 3. The Morgan fingerprint density at radius 2 is 1.67 bits per heavy atom. The summed E-state index contributed by atoms with van der Waals surface area (Å²) in [4.78, 5) is 0. The molecule has 0 saturated heterocycles. The van der Waals surface area contributed by atoms with Crippen molar-refractivity contribution >= 4 is 0 Å². The van der Waals surface area contributed by atoms with Crippen LogP contribution in [0.15, 0.2) is 36.4 Å². The molecule has 2 heteroatoms. The van der Waals surface area contributed by atoms with E-state index in [0.717, 1.165) is 6.42 Å². The highest BCUT2D eigenvalue weighted by molar-refractivity contribution is 5.31. The van der Waals surface area contributed by atoms with Crippen molar-refractivity contribution in [1.82, 2.24) is 4.68 Å². The first-order valence-electron chi connectivity index (χ1n) is 6.72. The second-order valence-electron chi connectivity index (χ2n) is 5.29. The van der Waals surface area contributed by atoms with E-state index in [4.69, 9.17) is 0 Å². The second kappa shape index (κ2) is 4.52. The van der Waals surface area contributed by atoms with Crippen molar-refractivity contribution in [3.8, 4) is 0 Å². The molecule has 0 fully saturated rings. The van der Waals surface area contributed by atoms with Crippen LogP contribution in [0.25, 0.3) is 0 Å². The number of hydrogen-bond donors (Lipinski definition) is 1. The van der Waals surface area contributed by atoms with Gasteiger partial charge in [-0.15, -0.1) is 0 Å². The van der Waals surface area contributed by atoms with E-state index in [0.29, 0.717) is 6.04 Å². The lowest BCUT2D eigenvalue weighted by molar-refractivity contribution is 0.551. The average molecular weight is 240 g/mol. The molecule has 1 N–H and O–H groups in total. The first kappa shape index (κ1) is 11.4. The van der Waals surface area contributed by atoms with Crippen LogP contribution in [0, 0.1) is 13.8 Å². The molecule has 3 rings (SSSR count). The quantitative estimate of drug-likeness (QED) is 0.853. The number of benzene rings is 1. The van der Waals surface area contributed by atoms with Crippen LogP contribution in [-0.2, 0) is 12.8 Å². The molecular formula is C16H20N2. The van der Waals surface area contributed by atoms with Crippen LogP contribution in [0.5, 0.6) is 0 Å². The zero-order chi connectivity index (χ0) is 12.5. The van der Waals surface area contributed by atoms with Gasteiger partial charge in [0.15, 0.2) is 0 Å². The highest BCUT2D eigenvalue weighted by Gasteiger charge is 2.18. The van der Waals surface area contributed by atoms with Crippen LogP contribution >= 0.6 is 0 Å². The fourth-order valence-corrected chi connectivity index (χ4v) is 2.86. The van der Waals surface area contributed by atoms with Crippen molar-refractivity contribution in [2.45, 2.75) is 39.2 Å². The average Bonchev–Trinajstić information content (AvgIpc) is 2.70. The Morgan fingerprint density at radius 3 is 2.39 bits per heavy atom. The lowest BCUT2D eigenvalue weighted by atomic mass is 9.89. The van der Waals surface area contributed by atoms with E-state index in [9.17, 15) is 0 Å². The number of rotatable bonds is 2. The molecular weight excluding hydrogens is 220 g/mol. The summed E-state index contributed by atoms with van der Waals surface area (Å²) in [6.45, 7) is 4.30. The minimum absolute atomic E-state index is 0.546. The number of nitrogens with zero attached hydrogens (tertiary/aromatic N) is 1. The maximum Gasteiger partial charge on any atom is 0.0468 e. The number of hydrogen-bond acceptors (Lipinski definition) is 1. The molecule has 0 radical (unpaired) electrons. The maximum atomic E-state index is 3.65. The predicted octanol–water partition coefficient (Wildman–Crippen LogP) is 3.21. The van der Waals surface area contributed by atoms with Crippen LogP contribution in [0.2, 0.25) is 0 Å². The van der Waals surface area contributed by atoms with E-state index in [1.54, 1.807) is 0 Å². The number of nitrogens with one attached hydrogen (secondary N) is 1. The van der Waals surface area contributed by atoms with Gasteiger partial charge in [0.25, 0.3) is 0 Å². The molecule has 1 aromatic heterocycles. The molecule has 94 valence electrons. The first-order valence-corrected chi connectivity index (χ1v) is 6.72. The van der Waals surface area contributed by atoms with Gasteiger partial charge in [-0.3, -0.25) is 4.68 Å². The molecule has 2 nitrogen and oxygen atoms in total. The van der Waals surface area contributed by atoms with E-state index in [1.165, 1.54) is 35.4 Å². The smallest absolute Gasteiger partial charge is 0.0468 e. The third kappa shape index (κ3) is 2.03. The zero-order valence-corrected chi connectivity index (χ0v) is 11.1. The Labute approximate surface area is 109 Å². The van der Waals surface area contributed by atoms with Crippen LogP contribution in [0.4, 0.5) is 0 Å². The van der Waals surface area contributed by atoms with E-state index >= 15 is 0 Å². The van der Waals surface area contributed by atoms with Gasteiger partial charge in [0.2, 0.25) is 0 Å². The summed E-state index contributed by atoms with van der Waals surface area (Å²) in [6.07, 6.45) is 3.54. The summed E-state index contributed by atoms with van der Waals surface area (Å²) < 4.78 is 2.22. The van der Waals surface area contributed by atoms with Gasteiger partial charge in [-0.1, -0.05) is 24.3 Å². The lowest BCUT2D eigenvalue weighted by Crippen LogP contribution is -2.34. The largest absolute Gasteiger partial charge is 0.323 e. The molecule has 0 amide bonds. The Morgan fingerprint density at radius 1 is 1.00 bits per heavy atom. The molecule has 0 aliphatic heterocycles. The van der Waals surface area contributed by atoms with Crippen molar-refractivity contribution in [1.29, 1.82) is 0 Å². The van der Waals surface area contributed by atoms with Crippen LogP contribution in [-0.4, -0.2) is 10.7 Å². The van der Waals surface area contributed by atoms with Crippen molar-refractivity contribution in [3.05, 3.63) is 58.9 Å². The standard InChI is InChI=1S/C16H20N2/c1-12-7-8-13(2)18(12)17-16-10-9-14-5-3-4-6-15(14)11-16/h3-8,16-17H,9-11H2,1-2H3. The summed E-state index contributed by atoms with van der Waals surface area (Å²) in [7, 11) is 0. The molecule has 18 heavy (non-hydrogen) atoms. The molecule has 1 aliphatic rings. The van der Waals surface area contributed by atoms with Gasteiger partial charge in [-0.2, -0.15) is 0 Å². The minimum atomic E-state index is 0.546. The molecule has 1 heterocycles. The SMILES string of the molecule is Cc1ccc(C)n1NC1CCc2ccccc2C1. The summed E-state index contributed by atoms with van der Waals surface area (Å²) in [6, 6.07) is 13.7. The van der Waals surface area contributed by atoms with Gasteiger partial charge in [-0.25, -0.2) is 0 Å². The fraction of sp³-hybridized carbons (Fsp3) is 0.375. The Kier molecular flexibility index (Phi) is 2.86. The van der Waals surface area contributed by atoms with Crippen molar-refractivity contribution < 1.29 is 0 Å². The van der Waals surface area contributed by atoms with Crippen molar-refractivity contribution in [2.24, 2.45) is 0 Å². The molecule has 0 spiro atoms. The number of fused-ring (bicyclic) bond motifs is 1. The summed E-state index contributed by atoms with van der Waals surface area (Å²) in [5.41, 5.74) is 9.25. The van der Waals surface area contributed by atoms with Gasteiger partial charge in [0.1, 0.15) is 0 Å². The van der Waals surface area contributed by atoms with Crippen LogP contribution in [0.3, 0.4) is 0 Å². The molecule has 1 unspecified atom stereocenters. The summed E-state index contributed by atoms with van der Waals surface area (Å²) in [5, 5.41) is 0. The fourth-order valence-electron chi connectivity index (χ4n) is 2.86. The van der Waals surface area contributed by atoms with Gasteiger partial charge < -0.3 is 5.43 Å². The minimum Gasteiger partial charge on any atom is -0.323 e. The highest BCUT2D eigenvalue weighted by Crippen LogP contribution is 2.22. The van der Waals surface area contributed by atoms with E-state index in [-0.39, 0.29) is 0 Å². The normalized spacial score (nSPS) is 18.4. The molecule has 0 bridgehead atoms. The maximum absolute atomic E-state index is 3.65. The van der Waals surface area contributed by atoms with Crippen molar-refractivity contribution in [2.75, 3.05) is 5.43 Å². The summed E-state index contributed by atoms with van der Waals surface area (Å²) >= 11 is 0. The third-order valence-corrected chi connectivity index (χ3v) is 3.93. The van der Waals surface area contributed by atoms with Gasteiger partial charge in [0, 0.05) is 17.4 Å². The summed E-state index contributed by atoms with van der Waals surface area (Å²) in [5.74, 6) is 0. The van der Waals surface area contributed by atoms with Crippen LogP contribution in [0.1, 0.15) is 28.9 Å². The molecule has 2 aromatic rings. The third-order valence-electron chi connectivity index (χ3n) is 3.93. The zero-order valence-electron chi connectivity index (χ0n) is 11.1. The van der Waals surface area contributed by atoms with E-state index < -0.39 is 0 Å². The predicted molar refractivity (Wildman–Crippen MR) is 75.5 cm³/mol. The topological polar surface area (TPSA) is 17.0 Å². The van der Waals surface area contributed by atoms with Crippen LogP contribution < -0.4 is 5.43 Å². The Bertz CT molecular complexity index is 534. The van der Waals surface area contributed by atoms with Gasteiger partial charge in [0.05, 0.1) is 0 Å². The molecule has 1 atom stereocenters. The highest BCUT2D eigenvalue weighted by atomic mass is 15.4. The molecule has 1 aromatic carbocycles. The molecule has 0 saturated carbocycles. The first-order chi connectivity index (χ1) is 8.74. The van der Waals surface area contributed by atoms with E-state index in [1.807, 2.05) is 0 Å². The Balaban J connectivity index is 1.77. The van der Waals surface area contributed by atoms with Gasteiger partial charge in [-0.05, 0) is 56.4 Å².